The van der Waals surface area contributed by atoms with Gasteiger partial charge in [0.2, 0.25) is 0 Å². The molecule has 2 fully saturated rings. The van der Waals surface area contributed by atoms with Crippen molar-refractivity contribution in [3.63, 3.8) is 0 Å². The minimum atomic E-state index is -2.74. The Morgan fingerprint density at radius 1 is 1.07 bits per heavy atom. The van der Waals surface area contributed by atoms with Crippen LogP contribution in [0.25, 0.3) is 22.6 Å². The predicted molar refractivity (Wildman–Crippen MR) is 141 cm³/mol. The maximum atomic E-state index is 13.6. The van der Waals surface area contributed by atoms with E-state index in [-0.39, 0.29) is 24.2 Å². The largest absolute Gasteiger partial charge is 0.384 e. The second kappa shape index (κ2) is 8.52. The maximum Gasteiger partial charge on any atom is 0.266 e. The van der Waals surface area contributed by atoms with Gasteiger partial charge in [-0.25, -0.2) is 27.2 Å². The van der Waals surface area contributed by atoms with Gasteiger partial charge in [-0.2, -0.15) is 5.10 Å². The molecule has 2 N–H and O–H groups in total. The van der Waals surface area contributed by atoms with E-state index in [1.807, 2.05) is 31.2 Å². The van der Waals surface area contributed by atoms with Gasteiger partial charge in [-0.05, 0) is 49.6 Å². The highest BCUT2D eigenvalue weighted by Crippen LogP contribution is 2.56. The van der Waals surface area contributed by atoms with Crippen molar-refractivity contribution in [2.75, 3.05) is 23.3 Å². The fourth-order valence-corrected chi connectivity index (χ4v) is 5.98. The molecule has 1 aliphatic carbocycles. The normalized spacial score (nSPS) is 17.4. The fourth-order valence-electron chi connectivity index (χ4n) is 5.98. The van der Waals surface area contributed by atoms with Crippen LogP contribution in [0.5, 0.6) is 0 Å². The summed E-state index contributed by atoms with van der Waals surface area (Å²) < 4.78 is 42.8. The van der Waals surface area contributed by atoms with Gasteiger partial charge in [-0.1, -0.05) is 12.1 Å². The van der Waals surface area contributed by atoms with Gasteiger partial charge >= 0.3 is 0 Å². The van der Waals surface area contributed by atoms with Gasteiger partial charge in [0.05, 0.1) is 17.3 Å². The van der Waals surface area contributed by atoms with Crippen LogP contribution in [0.4, 0.5) is 24.5 Å². The maximum absolute atomic E-state index is 13.6. The Kier molecular flexibility index (Phi) is 5.24. The molecule has 12 heteroatoms. The number of carbonyl (C=O) groups is 1. The van der Waals surface area contributed by atoms with Crippen molar-refractivity contribution in [1.29, 1.82) is 0 Å². The first-order valence-corrected chi connectivity index (χ1v) is 12.8. The van der Waals surface area contributed by atoms with Crippen molar-refractivity contribution in [2.45, 2.75) is 31.8 Å². The number of aryl methyl sites for hydroxylation is 1. The standard InChI is InChI=1S/C28H24F3N7O2/c1-16-2-3-17(24-34-23-9-18(29)4-6-38(23)35-24)8-21(16)33-25(39)20-11-32-37-7-5-19(10-22(20)37)36-14-27(15-36)12-28(40,13-27)26(30)31/h2-11,26,40H,12-15H2,1H3,(H,33,39). The lowest BCUT2D eigenvalue weighted by Gasteiger charge is -2.62. The van der Waals surface area contributed by atoms with Crippen molar-refractivity contribution in [2.24, 2.45) is 5.41 Å². The number of amides is 1. The van der Waals surface area contributed by atoms with Crippen molar-refractivity contribution >= 4 is 28.4 Å². The molecule has 2 aliphatic rings. The molecule has 5 heterocycles. The van der Waals surface area contributed by atoms with Crippen LogP contribution >= 0.6 is 0 Å². The summed E-state index contributed by atoms with van der Waals surface area (Å²) >= 11 is 0. The number of nitrogens with one attached hydrogen (secondary N) is 1. The minimum Gasteiger partial charge on any atom is -0.384 e. The number of nitrogens with zero attached hydrogens (tertiary/aromatic N) is 6. The first kappa shape index (κ1) is 24.6. The van der Waals surface area contributed by atoms with Crippen LogP contribution in [-0.4, -0.2) is 60.3 Å². The van der Waals surface area contributed by atoms with Crippen LogP contribution in [0.1, 0.15) is 28.8 Å². The lowest BCUT2D eigenvalue weighted by atomic mass is 9.55. The number of anilines is 2. The Morgan fingerprint density at radius 2 is 1.85 bits per heavy atom. The van der Waals surface area contributed by atoms with Gasteiger partial charge < -0.3 is 15.3 Å². The number of aliphatic hydroxyl groups is 1. The lowest BCUT2D eigenvalue weighted by molar-refractivity contribution is -0.209. The molecule has 0 radical (unpaired) electrons. The average molecular weight is 548 g/mol. The average Bonchev–Trinajstić information content (AvgIpc) is 3.50. The number of fused-ring (bicyclic) bond motifs is 2. The van der Waals surface area contributed by atoms with Crippen molar-refractivity contribution in [3.05, 3.63) is 78.0 Å². The van der Waals surface area contributed by atoms with E-state index < -0.39 is 17.8 Å². The molecule has 4 aromatic heterocycles. The molecule has 5 aromatic rings. The second-order valence-electron chi connectivity index (χ2n) is 11.0. The van der Waals surface area contributed by atoms with E-state index in [1.54, 1.807) is 16.8 Å². The zero-order chi connectivity index (χ0) is 27.8. The van der Waals surface area contributed by atoms with E-state index in [0.717, 1.165) is 11.3 Å². The molecule has 0 bridgehead atoms. The van der Waals surface area contributed by atoms with Crippen molar-refractivity contribution in [3.8, 4) is 11.4 Å². The Bertz CT molecular complexity index is 1800. The van der Waals surface area contributed by atoms with Crippen molar-refractivity contribution in [1.82, 2.24) is 24.2 Å². The number of carbonyl (C=O) groups excluding carboxylic acids is 1. The van der Waals surface area contributed by atoms with Crippen LogP contribution < -0.4 is 10.2 Å². The highest BCUT2D eigenvalue weighted by molar-refractivity contribution is 6.09. The quantitative estimate of drug-likeness (QED) is 0.340. The first-order valence-electron chi connectivity index (χ1n) is 12.8. The SMILES string of the molecule is Cc1ccc(-c2nc3cc(F)ccn3n2)cc1NC(=O)c1cnn2ccc(N3CC4(C3)CC(O)(C(F)F)C4)cc12. The molecule has 204 valence electrons. The summed E-state index contributed by atoms with van der Waals surface area (Å²) in [7, 11) is 0. The van der Waals surface area contributed by atoms with E-state index >= 15 is 0 Å². The number of benzene rings is 1. The zero-order valence-corrected chi connectivity index (χ0v) is 21.4. The van der Waals surface area contributed by atoms with E-state index in [1.165, 1.54) is 29.0 Å². The third-order valence-corrected chi connectivity index (χ3v) is 7.98. The molecule has 1 aliphatic heterocycles. The summed E-state index contributed by atoms with van der Waals surface area (Å²) in [6.45, 7) is 3.02. The molecule has 1 aromatic carbocycles. The summed E-state index contributed by atoms with van der Waals surface area (Å²) in [6, 6.07) is 11.8. The minimum absolute atomic E-state index is 0.0938. The van der Waals surface area contributed by atoms with Gasteiger partial charge in [0.15, 0.2) is 11.5 Å². The lowest BCUT2D eigenvalue weighted by Crippen LogP contribution is -2.70. The van der Waals surface area contributed by atoms with Crippen LogP contribution in [0.3, 0.4) is 0 Å². The van der Waals surface area contributed by atoms with E-state index in [2.05, 4.69) is 25.4 Å². The monoisotopic (exact) mass is 547 g/mol. The zero-order valence-electron chi connectivity index (χ0n) is 21.4. The molecule has 9 nitrogen and oxygen atoms in total. The molecular weight excluding hydrogens is 523 g/mol. The number of aromatic nitrogens is 5. The van der Waals surface area contributed by atoms with E-state index in [4.69, 9.17) is 0 Å². The Hall–Kier alpha value is -4.45. The predicted octanol–water partition coefficient (Wildman–Crippen LogP) is 4.34. The first-order chi connectivity index (χ1) is 19.1. The topological polar surface area (TPSA) is 100 Å². The van der Waals surface area contributed by atoms with Crippen LogP contribution in [0.15, 0.2) is 61.1 Å². The molecule has 1 saturated heterocycles. The van der Waals surface area contributed by atoms with Gasteiger partial charge in [0, 0.05) is 53.9 Å². The van der Waals surface area contributed by atoms with E-state index in [0.29, 0.717) is 46.9 Å². The highest BCUT2D eigenvalue weighted by Gasteiger charge is 2.63. The highest BCUT2D eigenvalue weighted by atomic mass is 19.3. The van der Waals surface area contributed by atoms with Crippen molar-refractivity contribution < 1.29 is 23.1 Å². The van der Waals surface area contributed by atoms with Crippen LogP contribution in [0, 0.1) is 18.2 Å². The molecule has 0 atom stereocenters. The molecule has 0 unspecified atom stereocenters. The molecular formula is C28H24F3N7O2. The molecule has 1 spiro atoms. The summed E-state index contributed by atoms with van der Waals surface area (Å²) in [5.41, 5.74) is 2.11. The van der Waals surface area contributed by atoms with Gasteiger partial charge in [0.1, 0.15) is 11.4 Å². The van der Waals surface area contributed by atoms with Crippen LogP contribution in [0.2, 0.25) is 0 Å². The third kappa shape index (κ3) is 3.89. The summed E-state index contributed by atoms with van der Waals surface area (Å²) in [6.07, 6.45) is 2.20. The third-order valence-electron chi connectivity index (χ3n) is 7.98. The number of rotatable bonds is 5. The Morgan fingerprint density at radius 3 is 2.62 bits per heavy atom. The second-order valence-corrected chi connectivity index (χ2v) is 11.0. The van der Waals surface area contributed by atoms with Crippen LogP contribution in [-0.2, 0) is 0 Å². The number of hydrogen-bond donors (Lipinski definition) is 2. The molecule has 1 saturated carbocycles. The smallest absolute Gasteiger partial charge is 0.266 e. The number of pyridine rings is 2. The number of alkyl halides is 2. The van der Waals surface area contributed by atoms with Gasteiger partial charge in [-0.15, -0.1) is 5.10 Å². The Balaban J connectivity index is 1.11. The molecule has 1 amide bonds. The summed E-state index contributed by atoms with van der Waals surface area (Å²) in [5, 5.41) is 21.6. The number of hydrogen-bond acceptors (Lipinski definition) is 6. The van der Waals surface area contributed by atoms with E-state index in [9.17, 15) is 23.1 Å². The van der Waals surface area contributed by atoms with Gasteiger partial charge in [-0.3, -0.25) is 4.79 Å². The Labute approximate surface area is 225 Å². The summed E-state index contributed by atoms with van der Waals surface area (Å²) in [4.78, 5) is 19.8. The van der Waals surface area contributed by atoms with Gasteiger partial charge in [0.25, 0.3) is 12.3 Å². The summed E-state index contributed by atoms with van der Waals surface area (Å²) in [5.74, 6) is -0.360. The number of halogens is 3. The fraction of sp³-hybridized carbons (Fsp3) is 0.286. The molecule has 7 rings (SSSR count). The molecule has 40 heavy (non-hydrogen) atoms.